The van der Waals surface area contributed by atoms with E-state index in [1.165, 1.54) is 0 Å². The number of hydrogen-bond acceptors (Lipinski definition) is 1. The molecule has 74 valence electrons. The lowest BCUT2D eigenvalue weighted by Crippen LogP contribution is -1.83. The number of rotatable bonds is 0. The van der Waals surface area contributed by atoms with Crippen molar-refractivity contribution >= 4 is 38.4 Å². The van der Waals surface area contributed by atoms with Gasteiger partial charge in [-0.2, -0.15) is 0 Å². The van der Waals surface area contributed by atoms with Gasteiger partial charge in [0.25, 0.3) is 0 Å². The second-order valence-corrected chi connectivity index (χ2v) is 3.95. The summed E-state index contributed by atoms with van der Waals surface area (Å²) < 4.78 is 0. The zero-order valence-corrected chi connectivity index (χ0v) is 10.1. The summed E-state index contributed by atoms with van der Waals surface area (Å²) in [5.41, 5.74) is 1.86. The Kier molecular flexibility index (Phi) is 3.25. The minimum Gasteiger partial charge on any atom is -0.256 e. The highest BCUT2D eigenvalue weighted by atomic mass is 79.9. The van der Waals surface area contributed by atoms with Crippen molar-refractivity contribution in [2.45, 2.75) is 0 Å². The Hall–Kier alpha value is -1.04. The molecule has 0 fully saturated rings. The number of alkyl halides is 1. The van der Waals surface area contributed by atoms with E-state index in [2.05, 4.69) is 32.8 Å². The maximum Gasteiger partial charge on any atom is 0.0729 e. The van der Waals surface area contributed by atoms with E-state index in [4.69, 9.17) is 11.6 Å². The summed E-state index contributed by atoms with van der Waals surface area (Å²) in [6.45, 7) is 0. The van der Waals surface area contributed by atoms with Gasteiger partial charge in [-0.25, -0.2) is 0 Å². The predicted molar refractivity (Wildman–Crippen MR) is 67.4 cm³/mol. The van der Waals surface area contributed by atoms with Gasteiger partial charge in [0.05, 0.1) is 10.8 Å². The molecule has 3 heteroatoms. The van der Waals surface area contributed by atoms with Crippen molar-refractivity contribution < 1.29 is 0 Å². The van der Waals surface area contributed by atoms with Crippen LogP contribution in [0.2, 0.25) is 5.02 Å². The van der Waals surface area contributed by atoms with E-state index in [1.807, 2.05) is 24.3 Å². The lowest BCUT2D eigenvalue weighted by Gasteiger charge is -1.99. The minimum atomic E-state index is 0.671. The maximum absolute atomic E-state index is 5.89. The van der Waals surface area contributed by atoms with Crippen molar-refractivity contribution in [2.24, 2.45) is 0 Å². The number of hydrogen-bond donors (Lipinski definition) is 0. The fraction of sp³-hybridized carbons (Fsp3) is 0.0833. The van der Waals surface area contributed by atoms with Gasteiger partial charge in [0, 0.05) is 22.2 Å². The highest BCUT2D eigenvalue weighted by Crippen LogP contribution is 2.19. The second-order valence-electron chi connectivity index (χ2n) is 2.96. The van der Waals surface area contributed by atoms with Gasteiger partial charge >= 0.3 is 0 Å². The van der Waals surface area contributed by atoms with E-state index >= 15 is 0 Å². The fourth-order valence-corrected chi connectivity index (χ4v) is 1.67. The van der Waals surface area contributed by atoms with Gasteiger partial charge in [-0.05, 0) is 18.2 Å². The first-order valence-corrected chi connectivity index (χ1v) is 5.90. The van der Waals surface area contributed by atoms with E-state index in [0.717, 1.165) is 16.5 Å². The lowest BCUT2D eigenvalue weighted by atomic mass is 10.1. The van der Waals surface area contributed by atoms with Crippen molar-refractivity contribution in [2.75, 3.05) is 5.33 Å². The summed E-state index contributed by atoms with van der Waals surface area (Å²) >= 11 is 9.16. The molecule has 0 bridgehead atoms. The van der Waals surface area contributed by atoms with Gasteiger partial charge in [0.1, 0.15) is 0 Å². The number of aromatic nitrogens is 1. The van der Waals surface area contributed by atoms with E-state index in [0.29, 0.717) is 10.4 Å². The SMILES string of the molecule is Clc1ccc2c(C#CCBr)ccnc2c1. The summed E-state index contributed by atoms with van der Waals surface area (Å²) in [5.74, 6) is 6.05. The number of fused-ring (bicyclic) bond motifs is 1. The van der Waals surface area contributed by atoms with Crippen LogP contribution in [0, 0.1) is 11.8 Å². The van der Waals surface area contributed by atoms with Gasteiger partial charge < -0.3 is 0 Å². The zero-order chi connectivity index (χ0) is 10.7. The van der Waals surface area contributed by atoms with Crippen LogP contribution in [0.1, 0.15) is 5.56 Å². The molecule has 2 rings (SSSR count). The van der Waals surface area contributed by atoms with Crippen LogP contribution in [0.5, 0.6) is 0 Å². The van der Waals surface area contributed by atoms with Crippen molar-refractivity contribution in [1.29, 1.82) is 0 Å². The van der Waals surface area contributed by atoms with Crippen LogP contribution in [-0.2, 0) is 0 Å². The Bertz CT molecular complexity index is 554. The molecule has 1 heterocycles. The Balaban J connectivity index is 2.66. The summed E-state index contributed by atoms with van der Waals surface area (Å²) in [6.07, 6.45) is 1.75. The molecule has 1 aromatic carbocycles. The molecule has 0 spiro atoms. The third-order valence-corrected chi connectivity index (χ3v) is 2.51. The molecule has 0 radical (unpaired) electrons. The number of pyridine rings is 1. The van der Waals surface area contributed by atoms with Crippen molar-refractivity contribution in [1.82, 2.24) is 4.98 Å². The highest BCUT2D eigenvalue weighted by Gasteiger charge is 1.99. The molecule has 0 atom stereocenters. The smallest absolute Gasteiger partial charge is 0.0729 e. The van der Waals surface area contributed by atoms with Crippen LogP contribution in [0.4, 0.5) is 0 Å². The molecule has 0 N–H and O–H groups in total. The van der Waals surface area contributed by atoms with Gasteiger partial charge in [-0.1, -0.05) is 45.4 Å². The summed E-state index contributed by atoms with van der Waals surface area (Å²) in [7, 11) is 0. The van der Waals surface area contributed by atoms with Crippen molar-refractivity contribution in [3.05, 3.63) is 41.0 Å². The highest BCUT2D eigenvalue weighted by molar-refractivity contribution is 9.09. The molecule has 0 aliphatic carbocycles. The Morgan fingerprint density at radius 3 is 3.00 bits per heavy atom. The molecule has 2 aromatic rings. The van der Waals surface area contributed by atoms with Gasteiger partial charge in [-0.15, -0.1) is 0 Å². The molecule has 0 unspecified atom stereocenters. The number of nitrogens with zero attached hydrogens (tertiary/aromatic N) is 1. The molecule has 0 saturated carbocycles. The zero-order valence-electron chi connectivity index (χ0n) is 7.80. The van der Waals surface area contributed by atoms with Crippen LogP contribution in [0.25, 0.3) is 10.9 Å². The van der Waals surface area contributed by atoms with E-state index in [9.17, 15) is 0 Å². The summed E-state index contributed by atoms with van der Waals surface area (Å²) in [6, 6.07) is 7.55. The van der Waals surface area contributed by atoms with Crippen molar-refractivity contribution in [3.8, 4) is 11.8 Å². The fourth-order valence-electron chi connectivity index (χ4n) is 1.36. The summed E-state index contributed by atoms with van der Waals surface area (Å²) in [5, 5.41) is 2.40. The Morgan fingerprint density at radius 2 is 2.20 bits per heavy atom. The normalized spacial score (nSPS) is 9.73. The third-order valence-electron chi connectivity index (χ3n) is 1.99. The number of benzene rings is 1. The molecule has 1 aromatic heterocycles. The Labute approximate surface area is 102 Å². The van der Waals surface area contributed by atoms with E-state index in [1.54, 1.807) is 6.20 Å². The van der Waals surface area contributed by atoms with Crippen LogP contribution in [0.15, 0.2) is 30.5 Å². The van der Waals surface area contributed by atoms with Crippen molar-refractivity contribution in [3.63, 3.8) is 0 Å². The molecular formula is C12H7BrClN. The van der Waals surface area contributed by atoms with Gasteiger partial charge in [-0.3, -0.25) is 4.98 Å². The van der Waals surface area contributed by atoms with Crippen LogP contribution < -0.4 is 0 Å². The first-order valence-electron chi connectivity index (χ1n) is 4.40. The van der Waals surface area contributed by atoms with E-state index in [-0.39, 0.29) is 0 Å². The molecule has 0 amide bonds. The standard InChI is InChI=1S/C12H7BrClN/c13-6-1-2-9-5-7-15-12-8-10(14)3-4-11(9)12/h3-5,7-8H,6H2. The molecule has 0 saturated heterocycles. The van der Waals surface area contributed by atoms with Crippen LogP contribution in [0.3, 0.4) is 0 Å². The monoisotopic (exact) mass is 279 g/mol. The second kappa shape index (κ2) is 4.65. The first-order chi connectivity index (χ1) is 7.31. The van der Waals surface area contributed by atoms with Gasteiger partial charge in [0.2, 0.25) is 0 Å². The van der Waals surface area contributed by atoms with Crippen LogP contribution in [-0.4, -0.2) is 10.3 Å². The minimum absolute atomic E-state index is 0.671. The quantitative estimate of drug-likeness (QED) is 0.530. The average Bonchev–Trinajstić information content (AvgIpc) is 2.25. The number of halogens is 2. The van der Waals surface area contributed by atoms with Crippen LogP contribution >= 0.6 is 27.5 Å². The molecule has 0 aliphatic heterocycles. The molecule has 0 aliphatic rings. The Morgan fingerprint density at radius 1 is 1.33 bits per heavy atom. The van der Waals surface area contributed by atoms with Gasteiger partial charge in [0.15, 0.2) is 0 Å². The largest absolute Gasteiger partial charge is 0.256 e. The third kappa shape index (κ3) is 2.31. The van der Waals surface area contributed by atoms with E-state index < -0.39 is 0 Å². The predicted octanol–water partition coefficient (Wildman–Crippen LogP) is 3.63. The lowest BCUT2D eigenvalue weighted by molar-refractivity contribution is 1.40. The first kappa shape index (κ1) is 10.5. The molecular weight excluding hydrogens is 273 g/mol. The molecule has 15 heavy (non-hydrogen) atoms. The topological polar surface area (TPSA) is 12.9 Å². The molecule has 1 nitrogen and oxygen atoms in total. The maximum atomic E-state index is 5.89. The summed E-state index contributed by atoms with van der Waals surface area (Å²) in [4.78, 5) is 4.25. The average molecular weight is 281 g/mol.